The Morgan fingerprint density at radius 2 is 1.61 bits per heavy atom. The van der Waals surface area contributed by atoms with Crippen molar-refractivity contribution >= 4 is 45.6 Å². The SMILES string of the molecule is O=C1[C@@H]2[C@@H](CC(COc3ccccc3)=C3[C@@H](CC/C(=C/c4ccc(O)c5ccccc45)c4ccccc4)OC[C@@H]32)C(=O)N1Cc1cccs1. The van der Waals surface area contributed by atoms with E-state index in [1.807, 2.05) is 96.4 Å². The standard InChI is InChI=1S/C42H37NO5S/c44-37-19-17-29(33-15-7-8-16-34(33)37)22-28(27-10-3-1-4-11-27)18-20-38-39-30(25-47-31-12-5-2-6-13-31)23-35-40(36(39)26-48-38)42(46)43(41(35)45)24-32-14-9-21-49-32/h1-17,19,21-22,35-36,38,40,44H,18,20,23-26H2/b28-22-/t35-,36+,38-,40-/m1/s1. The summed E-state index contributed by atoms with van der Waals surface area (Å²) in [5.74, 6) is -0.107. The number of carbonyl (C=O) groups is 2. The largest absolute Gasteiger partial charge is 0.507 e. The zero-order valence-corrected chi connectivity index (χ0v) is 27.9. The Hall–Kier alpha value is -4.98. The normalized spacial score (nSPS) is 22.1. The molecule has 4 atom stereocenters. The first kappa shape index (κ1) is 31.3. The number of allylic oxidation sites excluding steroid dienone is 1. The highest BCUT2D eigenvalue weighted by atomic mass is 32.1. The van der Waals surface area contributed by atoms with Gasteiger partial charge in [-0.1, -0.05) is 91.0 Å². The number of carbonyl (C=O) groups excluding carboxylic acids is 2. The van der Waals surface area contributed by atoms with Crippen molar-refractivity contribution in [3.05, 3.63) is 142 Å². The van der Waals surface area contributed by atoms with Gasteiger partial charge in [-0.3, -0.25) is 14.5 Å². The number of rotatable bonds is 10. The molecule has 0 radical (unpaired) electrons. The predicted molar refractivity (Wildman–Crippen MR) is 193 cm³/mol. The lowest BCUT2D eigenvalue weighted by Gasteiger charge is -2.32. The molecule has 8 rings (SSSR count). The number of imide groups is 1. The van der Waals surface area contributed by atoms with Crippen LogP contribution in [-0.4, -0.2) is 41.1 Å². The van der Waals surface area contributed by atoms with Crippen molar-refractivity contribution in [2.75, 3.05) is 13.2 Å². The van der Waals surface area contributed by atoms with Crippen molar-refractivity contribution in [3.8, 4) is 11.5 Å². The van der Waals surface area contributed by atoms with E-state index >= 15 is 0 Å². The molecule has 2 fully saturated rings. The van der Waals surface area contributed by atoms with Crippen molar-refractivity contribution in [1.29, 1.82) is 0 Å². The molecule has 246 valence electrons. The van der Waals surface area contributed by atoms with Crippen LogP contribution in [-0.2, 0) is 20.9 Å². The summed E-state index contributed by atoms with van der Waals surface area (Å²) in [5.41, 5.74) is 5.54. The molecule has 5 aromatic rings. The molecule has 2 amide bonds. The first-order valence-electron chi connectivity index (χ1n) is 16.9. The lowest BCUT2D eigenvalue weighted by molar-refractivity contribution is -0.140. The summed E-state index contributed by atoms with van der Waals surface area (Å²) in [6.45, 7) is 1.09. The Morgan fingerprint density at radius 3 is 2.39 bits per heavy atom. The number of amides is 2. The maximum Gasteiger partial charge on any atom is 0.234 e. The maximum atomic E-state index is 14.0. The molecule has 2 saturated heterocycles. The third kappa shape index (κ3) is 6.09. The Balaban J connectivity index is 1.11. The number of benzene rings is 4. The third-order valence-electron chi connectivity index (χ3n) is 10.2. The summed E-state index contributed by atoms with van der Waals surface area (Å²) in [6, 6.07) is 35.7. The molecular weight excluding hydrogens is 631 g/mol. The summed E-state index contributed by atoms with van der Waals surface area (Å²) >= 11 is 1.56. The Morgan fingerprint density at radius 1 is 0.857 bits per heavy atom. The van der Waals surface area contributed by atoms with Gasteiger partial charge in [0.15, 0.2) is 0 Å². The van der Waals surface area contributed by atoms with Crippen LogP contribution >= 0.6 is 11.3 Å². The molecule has 1 aromatic heterocycles. The van der Waals surface area contributed by atoms with Gasteiger partial charge in [-0.2, -0.15) is 0 Å². The highest BCUT2D eigenvalue weighted by Crippen LogP contribution is 2.50. The van der Waals surface area contributed by atoms with Crippen LogP contribution in [0.2, 0.25) is 0 Å². The minimum absolute atomic E-state index is 0.0812. The second-order valence-corrected chi connectivity index (χ2v) is 14.1. The van der Waals surface area contributed by atoms with Gasteiger partial charge in [-0.05, 0) is 82.1 Å². The molecule has 0 unspecified atom stereocenters. The van der Waals surface area contributed by atoms with E-state index in [0.29, 0.717) is 26.2 Å². The topological polar surface area (TPSA) is 76.1 Å². The number of phenols is 1. The van der Waals surface area contributed by atoms with Gasteiger partial charge in [0.1, 0.15) is 18.1 Å². The van der Waals surface area contributed by atoms with E-state index in [0.717, 1.165) is 62.1 Å². The number of aromatic hydroxyl groups is 1. The summed E-state index contributed by atoms with van der Waals surface area (Å²) in [5, 5.41) is 14.3. The molecule has 1 aliphatic carbocycles. The molecular formula is C42H37NO5S. The fourth-order valence-electron chi connectivity index (χ4n) is 7.93. The first-order valence-corrected chi connectivity index (χ1v) is 17.8. The molecule has 0 spiro atoms. The number of ether oxygens (including phenoxy) is 2. The zero-order chi connectivity index (χ0) is 33.3. The van der Waals surface area contributed by atoms with E-state index in [1.54, 1.807) is 17.4 Å². The molecule has 0 saturated carbocycles. The lowest BCUT2D eigenvalue weighted by atomic mass is 9.69. The minimum Gasteiger partial charge on any atom is -0.507 e. The number of fused-ring (bicyclic) bond motifs is 4. The van der Waals surface area contributed by atoms with E-state index in [1.165, 1.54) is 4.90 Å². The number of hydrogen-bond acceptors (Lipinski definition) is 6. The molecule has 3 aliphatic rings. The van der Waals surface area contributed by atoms with E-state index in [-0.39, 0.29) is 29.6 Å². The Kier molecular flexibility index (Phi) is 8.62. The van der Waals surface area contributed by atoms with Crippen LogP contribution in [0, 0.1) is 17.8 Å². The molecule has 2 aliphatic heterocycles. The highest BCUT2D eigenvalue weighted by molar-refractivity contribution is 7.09. The number of phenolic OH excluding ortho intramolecular Hbond substituents is 1. The van der Waals surface area contributed by atoms with Crippen molar-refractivity contribution < 1.29 is 24.2 Å². The van der Waals surface area contributed by atoms with E-state index in [2.05, 4.69) is 18.2 Å². The fourth-order valence-corrected chi connectivity index (χ4v) is 8.62. The summed E-state index contributed by atoms with van der Waals surface area (Å²) in [6.07, 6.45) is 3.97. The van der Waals surface area contributed by atoms with Gasteiger partial charge >= 0.3 is 0 Å². The van der Waals surface area contributed by atoms with E-state index < -0.39 is 11.8 Å². The fraction of sp³-hybridized carbons (Fsp3) is 0.238. The average molecular weight is 668 g/mol. The van der Waals surface area contributed by atoms with Crippen LogP contribution in [0.5, 0.6) is 11.5 Å². The molecule has 49 heavy (non-hydrogen) atoms. The van der Waals surface area contributed by atoms with Crippen LogP contribution in [0.15, 0.2) is 126 Å². The second-order valence-electron chi connectivity index (χ2n) is 13.1. The van der Waals surface area contributed by atoms with E-state index in [9.17, 15) is 14.7 Å². The van der Waals surface area contributed by atoms with Crippen LogP contribution in [0.1, 0.15) is 35.3 Å². The summed E-state index contributed by atoms with van der Waals surface area (Å²) in [4.78, 5) is 30.3. The van der Waals surface area contributed by atoms with Crippen molar-refractivity contribution in [1.82, 2.24) is 4.90 Å². The number of para-hydroxylation sites is 1. The maximum absolute atomic E-state index is 14.0. The molecule has 3 heterocycles. The Bertz CT molecular complexity index is 2050. The molecule has 4 aromatic carbocycles. The van der Waals surface area contributed by atoms with Crippen LogP contribution < -0.4 is 4.74 Å². The third-order valence-corrected chi connectivity index (χ3v) is 11.1. The predicted octanol–water partition coefficient (Wildman–Crippen LogP) is 8.52. The summed E-state index contributed by atoms with van der Waals surface area (Å²) in [7, 11) is 0. The van der Waals surface area contributed by atoms with Crippen molar-refractivity contribution in [3.63, 3.8) is 0 Å². The van der Waals surface area contributed by atoms with Crippen molar-refractivity contribution in [2.45, 2.75) is 31.9 Å². The van der Waals surface area contributed by atoms with Gasteiger partial charge in [0, 0.05) is 16.2 Å². The van der Waals surface area contributed by atoms with Crippen LogP contribution in [0.4, 0.5) is 0 Å². The Labute approximate surface area is 289 Å². The van der Waals surface area contributed by atoms with E-state index in [4.69, 9.17) is 9.47 Å². The molecule has 7 heteroatoms. The lowest BCUT2D eigenvalue weighted by Crippen LogP contribution is -2.35. The minimum atomic E-state index is -0.416. The van der Waals surface area contributed by atoms with Gasteiger partial charge in [0.2, 0.25) is 11.8 Å². The first-order chi connectivity index (χ1) is 24.0. The van der Waals surface area contributed by atoms with Crippen LogP contribution in [0.25, 0.3) is 22.4 Å². The molecule has 6 nitrogen and oxygen atoms in total. The van der Waals surface area contributed by atoms with Gasteiger partial charge < -0.3 is 14.6 Å². The van der Waals surface area contributed by atoms with Crippen LogP contribution in [0.3, 0.4) is 0 Å². The van der Waals surface area contributed by atoms with Crippen molar-refractivity contribution in [2.24, 2.45) is 17.8 Å². The second kappa shape index (κ2) is 13.5. The van der Waals surface area contributed by atoms with Gasteiger partial charge in [0.25, 0.3) is 0 Å². The number of hydrogen-bond donors (Lipinski definition) is 1. The van der Waals surface area contributed by atoms with Gasteiger partial charge in [-0.15, -0.1) is 11.3 Å². The number of thiophene rings is 1. The summed E-state index contributed by atoms with van der Waals surface area (Å²) < 4.78 is 12.9. The average Bonchev–Trinajstić information content (AvgIpc) is 3.87. The molecule has 0 bridgehead atoms. The quantitative estimate of drug-likeness (QED) is 0.0918. The number of nitrogens with zero attached hydrogens (tertiary/aromatic N) is 1. The zero-order valence-electron chi connectivity index (χ0n) is 27.0. The van der Waals surface area contributed by atoms with Gasteiger partial charge in [0.05, 0.1) is 31.1 Å². The number of likely N-dealkylation sites (tertiary alicyclic amines) is 1. The monoisotopic (exact) mass is 667 g/mol. The molecule has 1 N–H and O–H groups in total. The highest BCUT2D eigenvalue weighted by Gasteiger charge is 2.57. The van der Waals surface area contributed by atoms with Gasteiger partial charge in [-0.25, -0.2) is 0 Å². The smallest absolute Gasteiger partial charge is 0.234 e.